The Hall–Kier alpha value is -1.41. The quantitative estimate of drug-likeness (QED) is 0.348. The van der Waals surface area contributed by atoms with Gasteiger partial charge in [0.25, 0.3) is 0 Å². The smallest absolute Gasteiger partial charge is 0.410 e. The minimum atomic E-state index is -2.09. The number of amides is 1. The standard InChI is InChI=1S/C22H41NO6Si/c1-20(2,3)27-18(25)13-17(24)16-12-15(29-30(10,11)22(7,8)9)14-23(16)19(26)28-21(4,5)6/h15-16H,12-14H2,1-11H3/t15-,16+/m1/s1. The highest BCUT2D eigenvalue weighted by Crippen LogP contribution is 2.39. The molecule has 1 aliphatic heterocycles. The third kappa shape index (κ3) is 8.02. The molecule has 0 N–H and O–H groups in total. The lowest BCUT2D eigenvalue weighted by Crippen LogP contribution is -2.45. The summed E-state index contributed by atoms with van der Waals surface area (Å²) >= 11 is 0. The number of ketones is 1. The number of hydrogen-bond acceptors (Lipinski definition) is 6. The highest BCUT2D eigenvalue weighted by Gasteiger charge is 2.46. The van der Waals surface area contributed by atoms with Crippen LogP contribution in [0.2, 0.25) is 18.1 Å². The fraction of sp³-hybridized carbons (Fsp3) is 0.864. The van der Waals surface area contributed by atoms with Gasteiger partial charge in [-0.1, -0.05) is 20.8 Å². The van der Waals surface area contributed by atoms with Gasteiger partial charge in [-0.3, -0.25) is 14.5 Å². The molecule has 174 valence electrons. The van der Waals surface area contributed by atoms with E-state index in [0.717, 1.165) is 0 Å². The van der Waals surface area contributed by atoms with Crippen molar-refractivity contribution < 1.29 is 28.3 Å². The van der Waals surface area contributed by atoms with Crippen molar-refractivity contribution in [1.29, 1.82) is 0 Å². The van der Waals surface area contributed by atoms with E-state index in [1.807, 2.05) is 0 Å². The second-order valence-corrected chi connectivity index (χ2v) is 16.4. The van der Waals surface area contributed by atoms with Crippen LogP contribution < -0.4 is 0 Å². The van der Waals surface area contributed by atoms with Gasteiger partial charge in [-0.05, 0) is 59.7 Å². The van der Waals surface area contributed by atoms with E-state index in [1.165, 1.54) is 4.90 Å². The fourth-order valence-electron chi connectivity index (χ4n) is 2.94. The lowest BCUT2D eigenvalue weighted by molar-refractivity contribution is -0.156. The highest BCUT2D eigenvalue weighted by atomic mass is 28.4. The van der Waals surface area contributed by atoms with Gasteiger partial charge in [0.1, 0.15) is 17.6 Å². The van der Waals surface area contributed by atoms with Crippen molar-refractivity contribution in [2.45, 2.75) is 117 Å². The van der Waals surface area contributed by atoms with Crippen LogP contribution in [0.4, 0.5) is 4.79 Å². The minimum absolute atomic E-state index is 0.00234. The predicted molar refractivity (Wildman–Crippen MR) is 119 cm³/mol. The Morgan fingerprint density at radius 2 is 1.40 bits per heavy atom. The molecule has 0 aromatic carbocycles. The predicted octanol–water partition coefficient (Wildman–Crippen LogP) is 4.69. The molecule has 1 saturated heterocycles. The molecule has 1 amide bonds. The van der Waals surface area contributed by atoms with E-state index < -0.39 is 37.6 Å². The van der Waals surface area contributed by atoms with Crippen molar-refractivity contribution in [3.05, 3.63) is 0 Å². The van der Waals surface area contributed by atoms with E-state index in [2.05, 4.69) is 33.9 Å². The summed E-state index contributed by atoms with van der Waals surface area (Å²) in [7, 11) is -2.09. The summed E-state index contributed by atoms with van der Waals surface area (Å²) in [4.78, 5) is 39.3. The van der Waals surface area contributed by atoms with Crippen LogP contribution in [-0.2, 0) is 23.5 Å². The summed E-state index contributed by atoms with van der Waals surface area (Å²) in [5, 5.41) is 0.00234. The van der Waals surface area contributed by atoms with Crippen LogP contribution in [0, 0.1) is 0 Å². The maximum atomic E-state index is 12.9. The van der Waals surface area contributed by atoms with E-state index in [1.54, 1.807) is 41.5 Å². The molecule has 0 radical (unpaired) electrons. The van der Waals surface area contributed by atoms with Crippen LogP contribution in [0.25, 0.3) is 0 Å². The summed E-state index contributed by atoms with van der Waals surface area (Å²) in [6, 6.07) is -0.762. The Morgan fingerprint density at radius 1 is 0.900 bits per heavy atom. The van der Waals surface area contributed by atoms with Crippen LogP contribution >= 0.6 is 0 Å². The van der Waals surface area contributed by atoms with Crippen LogP contribution in [0.1, 0.15) is 75.2 Å². The molecule has 1 aliphatic rings. The van der Waals surface area contributed by atoms with Gasteiger partial charge in [0.05, 0.1) is 12.1 Å². The molecule has 7 nitrogen and oxygen atoms in total. The molecule has 1 rings (SSSR count). The summed E-state index contributed by atoms with van der Waals surface area (Å²) in [5.41, 5.74) is -1.36. The first-order valence-corrected chi connectivity index (χ1v) is 13.5. The van der Waals surface area contributed by atoms with E-state index in [4.69, 9.17) is 13.9 Å². The van der Waals surface area contributed by atoms with E-state index in [-0.39, 0.29) is 29.9 Å². The Kier molecular flexibility index (Phi) is 7.97. The summed E-state index contributed by atoms with van der Waals surface area (Å²) in [6.07, 6.45) is -0.862. The molecule has 0 unspecified atom stereocenters. The van der Waals surface area contributed by atoms with Crippen molar-refractivity contribution in [3.63, 3.8) is 0 Å². The Labute approximate surface area is 182 Å². The number of carbonyl (C=O) groups excluding carboxylic acids is 3. The largest absolute Gasteiger partial charge is 0.460 e. The number of rotatable bonds is 5. The van der Waals surface area contributed by atoms with Gasteiger partial charge < -0.3 is 13.9 Å². The van der Waals surface area contributed by atoms with Crippen molar-refractivity contribution in [1.82, 2.24) is 4.90 Å². The molecular formula is C22H41NO6Si. The molecule has 1 fully saturated rings. The van der Waals surface area contributed by atoms with Gasteiger partial charge in [0.2, 0.25) is 0 Å². The van der Waals surface area contributed by atoms with Crippen molar-refractivity contribution in [2.24, 2.45) is 0 Å². The fourth-order valence-corrected chi connectivity index (χ4v) is 4.30. The molecule has 0 spiro atoms. The van der Waals surface area contributed by atoms with Gasteiger partial charge in [0.15, 0.2) is 14.1 Å². The number of likely N-dealkylation sites (tertiary alicyclic amines) is 1. The minimum Gasteiger partial charge on any atom is -0.460 e. The SMILES string of the molecule is CC(C)(C)OC(=O)CC(=O)[C@@H]1C[C@@H](O[Si](C)(C)C(C)(C)C)CN1C(=O)OC(C)(C)C. The lowest BCUT2D eigenvalue weighted by Gasteiger charge is -2.38. The average Bonchev–Trinajstić information content (AvgIpc) is 2.85. The first kappa shape index (κ1) is 26.6. The molecule has 0 aromatic heterocycles. The second kappa shape index (κ2) is 8.98. The number of esters is 1. The molecule has 30 heavy (non-hydrogen) atoms. The zero-order chi connectivity index (χ0) is 23.7. The highest BCUT2D eigenvalue weighted by molar-refractivity contribution is 6.74. The van der Waals surface area contributed by atoms with Crippen LogP contribution in [0.3, 0.4) is 0 Å². The maximum absolute atomic E-state index is 12.9. The van der Waals surface area contributed by atoms with Gasteiger partial charge in [-0.15, -0.1) is 0 Å². The number of ether oxygens (including phenoxy) is 2. The molecule has 2 atom stereocenters. The first-order valence-electron chi connectivity index (χ1n) is 10.6. The zero-order valence-corrected chi connectivity index (χ0v) is 21.7. The van der Waals surface area contributed by atoms with Crippen molar-refractivity contribution in [2.75, 3.05) is 6.54 Å². The third-order valence-corrected chi connectivity index (χ3v) is 9.80. The molecule has 0 saturated carbocycles. The van der Waals surface area contributed by atoms with Crippen LogP contribution in [0.5, 0.6) is 0 Å². The molecule has 0 aromatic rings. The van der Waals surface area contributed by atoms with Crippen LogP contribution in [-0.4, -0.2) is 61.0 Å². The molecular weight excluding hydrogens is 402 g/mol. The monoisotopic (exact) mass is 443 g/mol. The van der Waals surface area contributed by atoms with E-state index in [9.17, 15) is 14.4 Å². The van der Waals surface area contributed by atoms with Crippen molar-refractivity contribution in [3.8, 4) is 0 Å². The normalized spacial score (nSPS) is 20.8. The average molecular weight is 444 g/mol. The summed E-state index contributed by atoms with van der Waals surface area (Å²) < 4.78 is 17.2. The topological polar surface area (TPSA) is 82.1 Å². The Bertz CT molecular complexity index is 654. The van der Waals surface area contributed by atoms with Crippen LogP contribution in [0.15, 0.2) is 0 Å². The Morgan fingerprint density at radius 3 is 1.83 bits per heavy atom. The van der Waals surface area contributed by atoms with Gasteiger partial charge >= 0.3 is 12.1 Å². The van der Waals surface area contributed by atoms with Crippen molar-refractivity contribution >= 4 is 26.2 Å². The number of nitrogens with zero attached hydrogens (tertiary/aromatic N) is 1. The third-order valence-electron chi connectivity index (χ3n) is 5.27. The second-order valence-electron chi connectivity index (χ2n) is 11.6. The number of hydrogen-bond donors (Lipinski definition) is 0. The summed E-state index contributed by atoms with van der Waals surface area (Å²) in [6.45, 7) is 21.6. The Balaban J connectivity index is 3.02. The molecule has 1 heterocycles. The first-order chi connectivity index (χ1) is 13.2. The van der Waals surface area contributed by atoms with Gasteiger partial charge in [-0.2, -0.15) is 0 Å². The molecule has 8 heteroatoms. The summed E-state index contributed by atoms with van der Waals surface area (Å²) in [5.74, 6) is -0.943. The van der Waals surface area contributed by atoms with Gasteiger partial charge in [-0.25, -0.2) is 4.79 Å². The number of Topliss-reactive ketones (excluding diaryl/α,β-unsaturated/α-hetero) is 1. The maximum Gasteiger partial charge on any atom is 0.410 e. The van der Waals surface area contributed by atoms with E-state index in [0.29, 0.717) is 6.42 Å². The number of carbonyl (C=O) groups is 3. The van der Waals surface area contributed by atoms with E-state index >= 15 is 0 Å². The van der Waals surface area contributed by atoms with Gasteiger partial charge in [0, 0.05) is 13.0 Å². The molecule has 0 aliphatic carbocycles. The zero-order valence-electron chi connectivity index (χ0n) is 20.7. The molecule has 0 bridgehead atoms. The lowest BCUT2D eigenvalue weighted by atomic mass is 10.1.